The van der Waals surface area contributed by atoms with Crippen LogP contribution in [0, 0.1) is 5.92 Å². The van der Waals surface area contributed by atoms with Crippen LogP contribution in [0.3, 0.4) is 0 Å². The van der Waals surface area contributed by atoms with Crippen molar-refractivity contribution in [2.45, 2.75) is 25.0 Å². The zero-order valence-electron chi connectivity index (χ0n) is 20.2. The van der Waals surface area contributed by atoms with Crippen molar-refractivity contribution in [3.63, 3.8) is 0 Å². The highest BCUT2D eigenvalue weighted by atomic mass is 19.4. The van der Waals surface area contributed by atoms with Gasteiger partial charge in [0.2, 0.25) is 0 Å². The van der Waals surface area contributed by atoms with Gasteiger partial charge in [-0.2, -0.15) is 26.3 Å². The number of hydrogen-bond acceptors (Lipinski definition) is 7. The first kappa shape index (κ1) is 32.4. The summed E-state index contributed by atoms with van der Waals surface area (Å²) in [6, 6.07) is 8.35. The first-order valence-electron chi connectivity index (χ1n) is 11.0. The van der Waals surface area contributed by atoms with E-state index in [0.29, 0.717) is 12.0 Å². The summed E-state index contributed by atoms with van der Waals surface area (Å²) < 4.78 is 80.1. The van der Waals surface area contributed by atoms with E-state index in [4.69, 9.17) is 34.0 Å². The fourth-order valence-electron chi connectivity index (χ4n) is 3.63. The van der Waals surface area contributed by atoms with Crippen molar-refractivity contribution >= 4 is 11.9 Å². The topological polar surface area (TPSA) is 109 Å². The molecule has 1 aromatic carbocycles. The van der Waals surface area contributed by atoms with Gasteiger partial charge in [-0.15, -0.1) is 0 Å². The molecule has 2 heterocycles. The lowest BCUT2D eigenvalue weighted by atomic mass is 10.1. The summed E-state index contributed by atoms with van der Waals surface area (Å²) in [5, 5.41) is 14.2. The van der Waals surface area contributed by atoms with Gasteiger partial charge >= 0.3 is 24.3 Å². The lowest BCUT2D eigenvalue weighted by Crippen LogP contribution is -2.34. The lowest BCUT2D eigenvalue weighted by molar-refractivity contribution is -0.193. The average molecular weight is 548 g/mol. The number of alkyl halides is 6. The number of likely N-dealkylation sites (tertiary alicyclic amines) is 1. The number of benzene rings is 1. The van der Waals surface area contributed by atoms with Gasteiger partial charge in [-0.25, -0.2) is 9.59 Å². The predicted octanol–water partition coefficient (Wildman–Crippen LogP) is 2.74. The number of carboxylic acid groups (broad SMARTS) is 2. The van der Waals surface area contributed by atoms with Crippen molar-refractivity contribution in [2.75, 3.05) is 60.2 Å². The number of carbonyl (C=O) groups is 2. The molecular weight excluding hydrogens is 518 g/mol. The van der Waals surface area contributed by atoms with Crippen molar-refractivity contribution in [2.24, 2.45) is 5.92 Å². The number of rotatable bonds is 6. The van der Waals surface area contributed by atoms with Gasteiger partial charge in [-0.3, -0.25) is 9.80 Å². The zero-order valence-corrected chi connectivity index (χ0v) is 20.2. The maximum absolute atomic E-state index is 10.6. The lowest BCUT2D eigenvalue weighted by Gasteiger charge is -2.23. The van der Waals surface area contributed by atoms with Crippen LogP contribution in [0.2, 0.25) is 0 Å². The molecule has 2 N–H and O–H groups in total. The van der Waals surface area contributed by atoms with Crippen molar-refractivity contribution < 1.29 is 60.4 Å². The summed E-state index contributed by atoms with van der Waals surface area (Å²) in [6.45, 7) is 7.85. The van der Waals surface area contributed by atoms with Gasteiger partial charge in [0.25, 0.3) is 0 Å². The smallest absolute Gasteiger partial charge is 0.490 e. The van der Waals surface area contributed by atoms with Gasteiger partial charge in [0.05, 0.1) is 26.4 Å². The fourth-order valence-corrected chi connectivity index (χ4v) is 3.63. The molecule has 0 bridgehead atoms. The number of halogens is 6. The van der Waals surface area contributed by atoms with Crippen LogP contribution in [-0.2, 0) is 25.6 Å². The summed E-state index contributed by atoms with van der Waals surface area (Å²) in [4.78, 5) is 22.8. The molecule has 2 aliphatic rings. The highest BCUT2D eigenvalue weighted by molar-refractivity contribution is 5.73. The third-order valence-corrected chi connectivity index (χ3v) is 5.33. The molecule has 2 fully saturated rings. The first-order chi connectivity index (χ1) is 17.2. The third kappa shape index (κ3) is 12.5. The van der Waals surface area contributed by atoms with Gasteiger partial charge < -0.3 is 24.4 Å². The second-order valence-electron chi connectivity index (χ2n) is 8.11. The van der Waals surface area contributed by atoms with Crippen molar-refractivity contribution in [3.05, 3.63) is 29.8 Å². The quantitative estimate of drug-likeness (QED) is 0.519. The van der Waals surface area contributed by atoms with Crippen LogP contribution in [0.1, 0.15) is 5.56 Å². The molecule has 0 radical (unpaired) electrons. The van der Waals surface area contributed by atoms with Gasteiger partial charge in [-0.05, 0) is 17.7 Å². The summed E-state index contributed by atoms with van der Waals surface area (Å²) >= 11 is 0. The molecular formula is C22H30F6N2O7. The third-order valence-electron chi connectivity index (χ3n) is 5.33. The molecule has 15 heteroatoms. The number of methoxy groups -OCH3 is 2. The summed E-state index contributed by atoms with van der Waals surface area (Å²) in [5.41, 5.74) is 1.30. The molecule has 212 valence electrons. The monoisotopic (exact) mass is 548 g/mol. The van der Waals surface area contributed by atoms with Crippen LogP contribution < -0.4 is 4.74 Å². The Bertz CT molecular complexity index is 828. The summed E-state index contributed by atoms with van der Waals surface area (Å²) in [7, 11) is 3.48. The summed E-state index contributed by atoms with van der Waals surface area (Å²) in [6.07, 6.45) is -9.80. The van der Waals surface area contributed by atoms with E-state index in [0.717, 1.165) is 58.2 Å². The number of nitrogens with zero attached hydrogens (tertiary/aromatic N) is 2. The van der Waals surface area contributed by atoms with E-state index in [2.05, 4.69) is 28.0 Å². The Hall–Kier alpha value is -2.62. The van der Waals surface area contributed by atoms with Gasteiger partial charge in [0.1, 0.15) is 5.75 Å². The maximum atomic E-state index is 10.6. The van der Waals surface area contributed by atoms with Crippen LogP contribution in [0.25, 0.3) is 0 Å². The second kappa shape index (κ2) is 15.0. The molecule has 37 heavy (non-hydrogen) atoms. The number of ether oxygens (including phenoxy) is 3. The number of fused-ring (bicyclic) bond motifs is 1. The van der Waals surface area contributed by atoms with E-state index in [1.807, 2.05) is 6.07 Å². The van der Waals surface area contributed by atoms with Gasteiger partial charge in [0.15, 0.2) is 0 Å². The highest BCUT2D eigenvalue weighted by Gasteiger charge is 2.39. The van der Waals surface area contributed by atoms with E-state index < -0.39 is 24.3 Å². The largest absolute Gasteiger partial charge is 0.497 e. The Morgan fingerprint density at radius 3 is 2.08 bits per heavy atom. The van der Waals surface area contributed by atoms with E-state index in [-0.39, 0.29) is 0 Å². The molecule has 2 saturated heterocycles. The van der Waals surface area contributed by atoms with Crippen LogP contribution in [0.4, 0.5) is 26.3 Å². The van der Waals surface area contributed by atoms with E-state index in [9.17, 15) is 26.3 Å². The van der Waals surface area contributed by atoms with Crippen LogP contribution in [0.15, 0.2) is 24.3 Å². The summed E-state index contributed by atoms with van der Waals surface area (Å²) in [5.74, 6) is -3.99. The number of hydrogen-bond donors (Lipinski definition) is 2. The zero-order chi connectivity index (χ0) is 28.2. The molecule has 0 spiro atoms. The van der Waals surface area contributed by atoms with Crippen molar-refractivity contribution in [1.29, 1.82) is 0 Å². The molecule has 0 aromatic heterocycles. The average Bonchev–Trinajstić information content (AvgIpc) is 3.07. The van der Waals surface area contributed by atoms with Crippen molar-refractivity contribution in [1.82, 2.24) is 9.80 Å². The SMILES string of the molecule is COCCN1CCO[C@@H]2CN(Cc3cccc(OC)c3)C[C@@H]2C1.O=C(O)C(F)(F)F.O=C(O)C(F)(F)F. The first-order valence-corrected chi connectivity index (χ1v) is 11.0. The maximum Gasteiger partial charge on any atom is 0.490 e. The molecule has 0 aliphatic carbocycles. The molecule has 3 rings (SSSR count). The Morgan fingerprint density at radius 1 is 1.00 bits per heavy atom. The molecule has 2 atom stereocenters. The standard InChI is InChI=1S/C18H28N2O3.2C2HF3O2/c1-21-8-6-19-7-9-23-18-14-20(13-16(18)12-19)11-15-4-3-5-17(10-15)22-2;2*3-2(4,5)1(6)7/h3-5,10,16,18H,6-9,11-14H2,1-2H3;2*(H,6,7)/t16-,18+;;/m0../s1. The number of carboxylic acids is 2. The molecule has 1 aromatic rings. The molecule has 0 unspecified atom stereocenters. The Balaban J connectivity index is 0.000000404. The van der Waals surface area contributed by atoms with Crippen LogP contribution in [0.5, 0.6) is 5.75 Å². The Morgan fingerprint density at radius 2 is 1.57 bits per heavy atom. The fraction of sp³-hybridized carbons (Fsp3) is 0.636. The minimum absolute atomic E-state index is 0.369. The highest BCUT2D eigenvalue weighted by Crippen LogP contribution is 2.25. The molecule has 0 amide bonds. The van der Waals surface area contributed by atoms with Crippen LogP contribution >= 0.6 is 0 Å². The minimum Gasteiger partial charge on any atom is -0.497 e. The van der Waals surface area contributed by atoms with Crippen molar-refractivity contribution in [3.8, 4) is 5.75 Å². The predicted molar refractivity (Wildman–Crippen MR) is 117 cm³/mol. The number of aliphatic carboxylic acids is 2. The van der Waals surface area contributed by atoms with E-state index in [1.165, 1.54) is 5.56 Å². The molecule has 0 saturated carbocycles. The Kier molecular flexibility index (Phi) is 13.1. The van der Waals surface area contributed by atoms with Crippen LogP contribution in [-0.4, -0.2) is 111 Å². The van der Waals surface area contributed by atoms with Gasteiger partial charge in [0, 0.05) is 52.3 Å². The van der Waals surface area contributed by atoms with E-state index in [1.54, 1.807) is 14.2 Å². The normalized spacial score (nSPS) is 20.4. The molecule has 9 nitrogen and oxygen atoms in total. The minimum atomic E-state index is -5.08. The second-order valence-corrected chi connectivity index (χ2v) is 8.11. The Labute approximate surface area is 209 Å². The van der Waals surface area contributed by atoms with Gasteiger partial charge in [-0.1, -0.05) is 12.1 Å². The van der Waals surface area contributed by atoms with E-state index >= 15 is 0 Å². The molecule has 2 aliphatic heterocycles.